The molecule has 0 radical (unpaired) electrons. The number of aromatic nitrogens is 3. The van der Waals surface area contributed by atoms with Crippen molar-refractivity contribution >= 4 is 11.6 Å². The molecule has 5 rings (SSSR count). The van der Waals surface area contributed by atoms with E-state index in [0.29, 0.717) is 30.3 Å². The number of benzene rings is 2. The van der Waals surface area contributed by atoms with E-state index in [1.807, 2.05) is 71.6 Å². The molecular formula is C25H24N4O2. The molecule has 0 spiro atoms. The van der Waals surface area contributed by atoms with Gasteiger partial charge in [0.25, 0.3) is 5.91 Å². The van der Waals surface area contributed by atoms with Crippen LogP contribution in [0.2, 0.25) is 0 Å². The molecule has 0 aliphatic carbocycles. The van der Waals surface area contributed by atoms with Gasteiger partial charge in [-0.05, 0) is 31.0 Å². The molecule has 1 saturated heterocycles. The molecule has 1 atom stereocenters. The fourth-order valence-corrected chi connectivity index (χ4v) is 4.16. The molecule has 6 nitrogen and oxygen atoms in total. The number of piperidine rings is 1. The number of carbonyl (C=O) groups excluding carboxylic acids is 1. The summed E-state index contributed by atoms with van der Waals surface area (Å²) in [5.41, 5.74) is 3.09. The maximum absolute atomic E-state index is 13.3. The van der Waals surface area contributed by atoms with Crippen LogP contribution in [0.4, 0.5) is 0 Å². The molecule has 0 N–H and O–H groups in total. The number of hydrogen-bond acceptors (Lipinski definition) is 4. The lowest BCUT2D eigenvalue weighted by atomic mass is 9.98. The van der Waals surface area contributed by atoms with E-state index in [1.165, 1.54) is 0 Å². The number of rotatable bonds is 5. The number of para-hydroxylation sites is 1. The first kappa shape index (κ1) is 19.3. The van der Waals surface area contributed by atoms with Crippen molar-refractivity contribution in [3.8, 4) is 17.0 Å². The second kappa shape index (κ2) is 8.60. The molecule has 1 aliphatic heterocycles. The Morgan fingerprint density at radius 1 is 1.03 bits per heavy atom. The van der Waals surface area contributed by atoms with E-state index in [0.717, 1.165) is 36.4 Å². The quantitative estimate of drug-likeness (QED) is 0.490. The normalized spacial score (nSPS) is 16.4. The minimum absolute atomic E-state index is 0.0166. The molecular weight excluding hydrogens is 388 g/mol. The number of fused-ring (bicyclic) bond motifs is 1. The Bertz CT molecular complexity index is 1170. The van der Waals surface area contributed by atoms with E-state index < -0.39 is 0 Å². The van der Waals surface area contributed by atoms with Crippen molar-refractivity contribution in [1.82, 2.24) is 19.5 Å². The first-order chi connectivity index (χ1) is 15.3. The van der Waals surface area contributed by atoms with Crippen LogP contribution in [0.5, 0.6) is 5.75 Å². The second-order valence-electron chi connectivity index (χ2n) is 7.87. The number of hydrogen-bond donors (Lipinski definition) is 0. The summed E-state index contributed by atoms with van der Waals surface area (Å²) in [6.07, 6.45) is 5.41. The van der Waals surface area contributed by atoms with Gasteiger partial charge in [-0.25, -0.2) is 9.50 Å². The zero-order chi connectivity index (χ0) is 21.0. The molecule has 2 aromatic heterocycles. The van der Waals surface area contributed by atoms with Gasteiger partial charge in [0, 0.05) is 30.8 Å². The van der Waals surface area contributed by atoms with Crippen LogP contribution in [0.25, 0.3) is 16.9 Å². The summed E-state index contributed by atoms with van der Waals surface area (Å²) in [6.45, 7) is 2.04. The third kappa shape index (κ3) is 4.01. The lowest BCUT2D eigenvalue weighted by molar-refractivity contribution is 0.0635. The van der Waals surface area contributed by atoms with Crippen molar-refractivity contribution in [2.75, 3.05) is 19.7 Å². The van der Waals surface area contributed by atoms with Crippen molar-refractivity contribution < 1.29 is 9.53 Å². The highest BCUT2D eigenvalue weighted by Gasteiger charge is 2.27. The predicted octanol–water partition coefficient (Wildman–Crippen LogP) is 4.33. The molecule has 1 aliphatic rings. The first-order valence-electron chi connectivity index (χ1n) is 10.6. The van der Waals surface area contributed by atoms with Gasteiger partial charge in [-0.3, -0.25) is 4.79 Å². The van der Waals surface area contributed by atoms with Gasteiger partial charge in [-0.15, -0.1) is 0 Å². The van der Waals surface area contributed by atoms with Crippen LogP contribution < -0.4 is 4.74 Å². The standard InChI is InChI=1S/C25H24N4O2/c30-25(28-15-7-8-19(17-28)18-31-21-11-5-2-6-12-21)22-16-27-29-23(13-14-26-24(22)29)20-9-3-1-4-10-20/h1-6,9-14,16,19H,7-8,15,17-18H2. The molecule has 2 aromatic carbocycles. The number of nitrogens with zero attached hydrogens (tertiary/aromatic N) is 4. The topological polar surface area (TPSA) is 59.7 Å². The van der Waals surface area contributed by atoms with Crippen molar-refractivity contribution in [3.63, 3.8) is 0 Å². The van der Waals surface area contributed by atoms with E-state index >= 15 is 0 Å². The summed E-state index contributed by atoms with van der Waals surface area (Å²) in [5, 5.41) is 4.49. The zero-order valence-corrected chi connectivity index (χ0v) is 17.2. The number of ether oxygens (including phenoxy) is 1. The number of likely N-dealkylation sites (tertiary alicyclic amines) is 1. The van der Waals surface area contributed by atoms with Crippen molar-refractivity contribution in [2.45, 2.75) is 12.8 Å². The molecule has 3 heterocycles. The molecule has 4 aromatic rings. The third-order valence-electron chi connectivity index (χ3n) is 5.74. The second-order valence-corrected chi connectivity index (χ2v) is 7.87. The maximum Gasteiger partial charge on any atom is 0.259 e. The molecule has 156 valence electrons. The SMILES string of the molecule is O=C(c1cnn2c(-c3ccccc3)ccnc12)N1CCCC(COc2ccccc2)C1. The molecule has 1 amide bonds. The van der Waals surface area contributed by atoms with Crippen molar-refractivity contribution in [2.24, 2.45) is 5.92 Å². The molecule has 1 unspecified atom stereocenters. The predicted molar refractivity (Wildman–Crippen MR) is 119 cm³/mol. The van der Waals surface area contributed by atoms with Gasteiger partial charge in [-0.2, -0.15) is 5.10 Å². The van der Waals surface area contributed by atoms with Crippen LogP contribution in [0.15, 0.2) is 79.1 Å². The summed E-state index contributed by atoms with van der Waals surface area (Å²) in [4.78, 5) is 19.7. The lowest BCUT2D eigenvalue weighted by Crippen LogP contribution is -2.41. The van der Waals surface area contributed by atoms with Gasteiger partial charge < -0.3 is 9.64 Å². The van der Waals surface area contributed by atoms with Gasteiger partial charge in [0.2, 0.25) is 0 Å². The monoisotopic (exact) mass is 412 g/mol. The first-order valence-corrected chi connectivity index (χ1v) is 10.6. The summed E-state index contributed by atoms with van der Waals surface area (Å²) >= 11 is 0. The van der Waals surface area contributed by atoms with Crippen LogP contribution in [0.1, 0.15) is 23.2 Å². The van der Waals surface area contributed by atoms with Gasteiger partial charge in [0.15, 0.2) is 5.65 Å². The van der Waals surface area contributed by atoms with Crippen molar-refractivity contribution in [1.29, 1.82) is 0 Å². The summed E-state index contributed by atoms with van der Waals surface area (Å²) in [6, 6.07) is 21.8. The Balaban J connectivity index is 1.34. The Kier molecular flexibility index (Phi) is 5.35. The Morgan fingerprint density at radius 2 is 1.81 bits per heavy atom. The van der Waals surface area contributed by atoms with E-state index in [9.17, 15) is 4.79 Å². The Labute approximate surface area is 181 Å². The van der Waals surface area contributed by atoms with Gasteiger partial charge in [0.05, 0.1) is 18.5 Å². The fraction of sp³-hybridized carbons (Fsp3) is 0.240. The lowest BCUT2D eigenvalue weighted by Gasteiger charge is -2.32. The van der Waals surface area contributed by atoms with Crippen LogP contribution in [-0.4, -0.2) is 45.1 Å². The molecule has 6 heteroatoms. The van der Waals surface area contributed by atoms with Crippen molar-refractivity contribution in [3.05, 3.63) is 84.7 Å². The highest BCUT2D eigenvalue weighted by atomic mass is 16.5. The van der Waals surface area contributed by atoms with E-state index in [1.54, 1.807) is 16.9 Å². The average molecular weight is 412 g/mol. The van der Waals surface area contributed by atoms with E-state index in [4.69, 9.17) is 4.74 Å². The molecule has 0 saturated carbocycles. The molecule has 1 fully saturated rings. The van der Waals surface area contributed by atoms with Crippen LogP contribution >= 0.6 is 0 Å². The minimum Gasteiger partial charge on any atom is -0.493 e. The Hall–Kier alpha value is -3.67. The average Bonchev–Trinajstić information content (AvgIpc) is 3.28. The highest BCUT2D eigenvalue weighted by Crippen LogP contribution is 2.24. The summed E-state index contributed by atoms with van der Waals surface area (Å²) in [5.74, 6) is 1.16. The number of carbonyl (C=O) groups is 1. The fourth-order valence-electron chi connectivity index (χ4n) is 4.16. The molecule has 0 bridgehead atoms. The van der Waals surface area contributed by atoms with Gasteiger partial charge in [0.1, 0.15) is 11.3 Å². The van der Waals surface area contributed by atoms with Gasteiger partial charge >= 0.3 is 0 Å². The molecule has 31 heavy (non-hydrogen) atoms. The maximum atomic E-state index is 13.3. The smallest absolute Gasteiger partial charge is 0.259 e. The highest BCUT2D eigenvalue weighted by molar-refractivity contribution is 6.00. The minimum atomic E-state index is -0.0166. The Morgan fingerprint density at radius 3 is 2.61 bits per heavy atom. The van der Waals surface area contributed by atoms with Crippen LogP contribution in [-0.2, 0) is 0 Å². The van der Waals surface area contributed by atoms with Crippen LogP contribution in [0.3, 0.4) is 0 Å². The van der Waals surface area contributed by atoms with Gasteiger partial charge in [-0.1, -0.05) is 48.5 Å². The van der Waals surface area contributed by atoms with E-state index in [-0.39, 0.29) is 5.91 Å². The van der Waals surface area contributed by atoms with Crippen LogP contribution in [0, 0.1) is 5.92 Å². The summed E-state index contributed by atoms with van der Waals surface area (Å²) < 4.78 is 7.68. The zero-order valence-electron chi connectivity index (χ0n) is 17.2. The largest absolute Gasteiger partial charge is 0.493 e. The summed E-state index contributed by atoms with van der Waals surface area (Å²) in [7, 11) is 0. The number of amides is 1. The van der Waals surface area contributed by atoms with E-state index in [2.05, 4.69) is 10.1 Å². The third-order valence-corrected chi connectivity index (χ3v) is 5.74.